The van der Waals surface area contributed by atoms with Crippen molar-refractivity contribution in [3.05, 3.63) is 45.3 Å². The minimum atomic E-state index is -0.544. The summed E-state index contributed by atoms with van der Waals surface area (Å²) in [5, 5.41) is 4.37. The van der Waals surface area contributed by atoms with Crippen molar-refractivity contribution in [1.29, 1.82) is 0 Å². The zero-order chi connectivity index (χ0) is 16.7. The van der Waals surface area contributed by atoms with Gasteiger partial charge in [-0.3, -0.25) is 4.79 Å². The molecule has 0 saturated carbocycles. The molecule has 0 unspecified atom stereocenters. The topological polar surface area (TPSA) is 42.0 Å². The van der Waals surface area contributed by atoms with Crippen LogP contribution >= 0.6 is 27.3 Å². The Morgan fingerprint density at radius 1 is 1.30 bits per heavy atom. The second-order valence-electron chi connectivity index (χ2n) is 5.36. The predicted molar refractivity (Wildman–Crippen MR) is 96.6 cm³/mol. The monoisotopic (exact) mass is 398 g/mol. The minimum absolute atomic E-state index is 0.0303. The molecule has 1 amide bonds. The molecule has 2 aromatic rings. The summed E-state index contributed by atoms with van der Waals surface area (Å²) in [6, 6.07) is 4.39. The number of amides is 1. The molecule has 0 spiro atoms. The molecule has 1 N–H and O–H groups in total. The third-order valence-corrected chi connectivity index (χ3v) is 4.93. The van der Waals surface area contributed by atoms with Crippen molar-refractivity contribution in [2.24, 2.45) is 0 Å². The number of nitrogens with one attached hydrogen (secondary N) is 1. The van der Waals surface area contributed by atoms with Gasteiger partial charge in [0.25, 0.3) is 5.91 Å². The smallest absolute Gasteiger partial charge is 0.259 e. The largest absolute Gasteiger partial charge is 0.312 e. The Morgan fingerprint density at radius 3 is 2.83 bits per heavy atom. The number of rotatable bonds is 8. The fraction of sp³-hybridized carbons (Fsp3) is 0.412. The van der Waals surface area contributed by atoms with E-state index in [0.717, 1.165) is 17.8 Å². The van der Waals surface area contributed by atoms with Gasteiger partial charge in [0.05, 0.1) is 16.8 Å². The fourth-order valence-corrected chi connectivity index (χ4v) is 3.40. The highest BCUT2D eigenvalue weighted by Gasteiger charge is 2.13. The van der Waals surface area contributed by atoms with E-state index >= 15 is 0 Å². The highest BCUT2D eigenvalue weighted by molar-refractivity contribution is 9.10. The fourth-order valence-electron chi connectivity index (χ4n) is 2.22. The van der Waals surface area contributed by atoms with E-state index in [2.05, 4.69) is 33.2 Å². The van der Waals surface area contributed by atoms with Gasteiger partial charge in [-0.25, -0.2) is 9.37 Å². The Labute approximate surface area is 148 Å². The van der Waals surface area contributed by atoms with Crippen LogP contribution < -0.4 is 5.32 Å². The van der Waals surface area contributed by atoms with Crippen LogP contribution in [0.4, 0.5) is 9.39 Å². The molecule has 0 aliphatic rings. The van der Waals surface area contributed by atoms with Gasteiger partial charge in [-0.15, -0.1) is 11.3 Å². The maximum absolute atomic E-state index is 13.8. The first-order valence-corrected chi connectivity index (χ1v) is 9.42. The van der Waals surface area contributed by atoms with Crippen molar-refractivity contribution >= 4 is 38.2 Å². The van der Waals surface area contributed by atoms with Crippen LogP contribution in [0, 0.1) is 5.82 Å². The molecule has 0 radical (unpaired) electrons. The number of halogens is 2. The molecule has 1 heterocycles. The van der Waals surface area contributed by atoms with E-state index in [-0.39, 0.29) is 5.56 Å². The number of aromatic nitrogens is 1. The van der Waals surface area contributed by atoms with Crippen molar-refractivity contribution in [1.82, 2.24) is 4.98 Å². The molecule has 1 aromatic heterocycles. The molecular formula is C17H20BrFN2OS. The lowest BCUT2D eigenvalue weighted by Gasteiger charge is -2.03. The summed E-state index contributed by atoms with van der Waals surface area (Å²) < 4.78 is 14.4. The van der Waals surface area contributed by atoms with Crippen LogP contribution in [0.2, 0.25) is 0 Å². The zero-order valence-corrected chi connectivity index (χ0v) is 15.5. The third kappa shape index (κ3) is 5.70. The van der Waals surface area contributed by atoms with Crippen molar-refractivity contribution in [2.45, 2.75) is 45.4 Å². The SMILES string of the molecule is CCCCCCCc1ncc(NC(=O)c2ccc(Br)cc2F)s1. The molecular weight excluding hydrogens is 379 g/mol. The first-order chi connectivity index (χ1) is 11.1. The number of benzene rings is 1. The Bertz CT molecular complexity index is 660. The van der Waals surface area contributed by atoms with Gasteiger partial charge < -0.3 is 5.32 Å². The maximum Gasteiger partial charge on any atom is 0.259 e. The van der Waals surface area contributed by atoms with Gasteiger partial charge in [-0.2, -0.15) is 0 Å². The number of nitrogens with zero attached hydrogens (tertiary/aromatic N) is 1. The molecule has 0 aliphatic heterocycles. The van der Waals surface area contributed by atoms with Crippen LogP contribution in [0.25, 0.3) is 0 Å². The van der Waals surface area contributed by atoms with E-state index in [1.165, 1.54) is 49.2 Å². The van der Waals surface area contributed by atoms with E-state index < -0.39 is 11.7 Å². The summed E-state index contributed by atoms with van der Waals surface area (Å²) >= 11 is 4.63. The average molecular weight is 399 g/mol. The number of hydrogen-bond donors (Lipinski definition) is 1. The van der Waals surface area contributed by atoms with Crippen LogP contribution in [-0.2, 0) is 6.42 Å². The van der Waals surface area contributed by atoms with Crippen molar-refractivity contribution in [2.75, 3.05) is 5.32 Å². The Hall–Kier alpha value is -1.27. The third-order valence-electron chi connectivity index (χ3n) is 3.46. The van der Waals surface area contributed by atoms with Gasteiger partial charge in [-0.1, -0.05) is 48.5 Å². The second kappa shape index (κ2) is 9.13. The second-order valence-corrected chi connectivity index (χ2v) is 7.39. The predicted octanol–water partition coefficient (Wildman–Crippen LogP) is 5.81. The molecule has 3 nitrogen and oxygen atoms in total. The summed E-state index contributed by atoms with van der Waals surface area (Å²) in [4.78, 5) is 16.4. The normalized spacial score (nSPS) is 10.7. The standard InChI is InChI=1S/C17H20BrFN2OS/c1-2-3-4-5-6-7-15-20-11-16(23-15)21-17(22)13-9-8-12(18)10-14(13)19/h8-11H,2-7H2,1H3,(H,21,22). The van der Waals surface area contributed by atoms with Gasteiger partial charge in [-0.05, 0) is 31.0 Å². The molecule has 124 valence electrons. The zero-order valence-electron chi connectivity index (χ0n) is 13.1. The summed E-state index contributed by atoms with van der Waals surface area (Å²) in [7, 11) is 0. The number of hydrogen-bond acceptors (Lipinski definition) is 3. The van der Waals surface area contributed by atoms with Gasteiger partial charge >= 0.3 is 0 Å². The Morgan fingerprint density at radius 2 is 2.09 bits per heavy atom. The molecule has 6 heteroatoms. The van der Waals surface area contributed by atoms with E-state index in [9.17, 15) is 9.18 Å². The number of unbranched alkanes of at least 4 members (excludes halogenated alkanes) is 4. The van der Waals surface area contributed by atoms with E-state index in [0.29, 0.717) is 9.47 Å². The van der Waals surface area contributed by atoms with Crippen LogP contribution in [-0.4, -0.2) is 10.9 Å². The van der Waals surface area contributed by atoms with Crippen molar-refractivity contribution in [3.63, 3.8) is 0 Å². The Kier molecular flexibility index (Phi) is 7.17. The van der Waals surface area contributed by atoms with Crippen molar-refractivity contribution < 1.29 is 9.18 Å². The summed E-state index contributed by atoms with van der Waals surface area (Å²) in [6.45, 7) is 2.20. The van der Waals surface area contributed by atoms with Gasteiger partial charge in [0.2, 0.25) is 0 Å². The van der Waals surface area contributed by atoms with Crippen LogP contribution in [0.5, 0.6) is 0 Å². The quantitative estimate of drug-likeness (QED) is 0.569. The molecule has 0 fully saturated rings. The lowest BCUT2D eigenvalue weighted by Crippen LogP contribution is -2.12. The van der Waals surface area contributed by atoms with E-state index in [1.54, 1.807) is 12.3 Å². The molecule has 0 aliphatic carbocycles. The van der Waals surface area contributed by atoms with Gasteiger partial charge in [0, 0.05) is 4.47 Å². The lowest BCUT2D eigenvalue weighted by atomic mass is 10.1. The molecule has 0 atom stereocenters. The minimum Gasteiger partial charge on any atom is -0.312 e. The first kappa shape index (κ1) is 18.1. The molecule has 0 saturated heterocycles. The van der Waals surface area contributed by atoms with E-state index in [1.807, 2.05) is 0 Å². The summed E-state index contributed by atoms with van der Waals surface area (Å²) in [6.07, 6.45) is 8.66. The lowest BCUT2D eigenvalue weighted by molar-refractivity contribution is 0.102. The molecule has 1 aromatic carbocycles. The number of thiazole rings is 1. The van der Waals surface area contributed by atoms with Gasteiger partial charge in [0.15, 0.2) is 0 Å². The maximum atomic E-state index is 13.8. The van der Waals surface area contributed by atoms with E-state index in [4.69, 9.17) is 0 Å². The summed E-state index contributed by atoms with van der Waals surface area (Å²) in [5.41, 5.74) is 0.0303. The molecule has 23 heavy (non-hydrogen) atoms. The van der Waals surface area contributed by atoms with Crippen LogP contribution in [0.3, 0.4) is 0 Å². The Balaban J connectivity index is 1.87. The van der Waals surface area contributed by atoms with Crippen molar-refractivity contribution in [3.8, 4) is 0 Å². The number of carbonyl (C=O) groups is 1. The summed E-state index contributed by atoms with van der Waals surface area (Å²) in [5.74, 6) is -0.995. The average Bonchev–Trinajstić information content (AvgIpc) is 2.94. The highest BCUT2D eigenvalue weighted by atomic mass is 79.9. The van der Waals surface area contributed by atoms with Crippen LogP contribution in [0.15, 0.2) is 28.9 Å². The first-order valence-electron chi connectivity index (χ1n) is 7.81. The molecule has 0 bridgehead atoms. The number of anilines is 1. The highest BCUT2D eigenvalue weighted by Crippen LogP contribution is 2.22. The number of carbonyl (C=O) groups excluding carboxylic acids is 1. The van der Waals surface area contributed by atoms with Gasteiger partial charge in [0.1, 0.15) is 10.8 Å². The number of aryl methyl sites for hydroxylation is 1. The molecule has 2 rings (SSSR count). The van der Waals surface area contributed by atoms with Crippen LogP contribution in [0.1, 0.15) is 54.4 Å².